The second-order valence-corrected chi connectivity index (χ2v) is 11.7. The highest BCUT2D eigenvalue weighted by atomic mass is 32.2. The minimum absolute atomic E-state index is 0.0432. The molecule has 3 rings (SSSR count). The van der Waals surface area contributed by atoms with Crippen LogP contribution in [0.3, 0.4) is 0 Å². The minimum Gasteiger partial charge on any atom is -0.487 e. The van der Waals surface area contributed by atoms with Crippen molar-refractivity contribution in [2.24, 2.45) is 11.8 Å². The first-order valence-corrected chi connectivity index (χ1v) is 13.8. The topological polar surface area (TPSA) is 70.1 Å². The molecule has 1 aliphatic heterocycles. The maximum atomic E-state index is 13.5. The summed E-state index contributed by atoms with van der Waals surface area (Å²) in [7, 11) is -1.75. The predicted octanol–water partition coefficient (Wildman–Crippen LogP) is 3.73. The number of sulfonamides is 1. The van der Waals surface area contributed by atoms with Gasteiger partial charge in [0.1, 0.15) is 16.7 Å². The maximum absolute atomic E-state index is 13.5. The van der Waals surface area contributed by atoms with Crippen LogP contribution < -0.4 is 4.74 Å². The molecule has 0 aromatic heterocycles. The first-order valence-electron chi connectivity index (χ1n) is 12.4. The fraction of sp³-hybridized carbons (Fsp3) is 0.692. The summed E-state index contributed by atoms with van der Waals surface area (Å²) in [4.78, 5) is 2.38. The van der Waals surface area contributed by atoms with Crippen LogP contribution in [0.25, 0.3) is 0 Å². The summed E-state index contributed by atoms with van der Waals surface area (Å²) in [6.45, 7) is 7.63. The molecule has 0 radical (unpaired) electrons. The second-order valence-electron chi connectivity index (χ2n) is 9.82. The molecule has 1 aromatic rings. The smallest absolute Gasteiger partial charge is 0.247 e. The summed E-state index contributed by atoms with van der Waals surface area (Å²) in [6.07, 6.45) is 6.85. The van der Waals surface area contributed by atoms with Crippen molar-refractivity contribution in [2.45, 2.75) is 76.3 Å². The van der Waals surface area contributed by atoms with Gasteiger partial charge in [0.15, 0.2) is 0 Å². The van der Waals surface area contributed by atoms with Crippen molar-refractivity contribution >= 4 is 10.0 Å². The Balaban J connectivity index is 1.96. The first kappa shape index (κ1) is 26.0. The van der Waals surface area contributed by atoms with Gasteiger partial charge >= 0.3 is 0 Å². The molecule has 0 saturated heterocycles. The number of aliphatic hydroxyl groups excluding tert-OH is 1. The van der Waals surface area contributed by atoms with Gasteiger partial charge in [-0.05, 0) is 63.9 Å². The molecule has 0 bridgehead atoms. The van der Waals surface area contributed by atoms with Crippen molar-refractivity contribution in [3.05, 3.63) is 23.8 Å². The molecule has 1 aliphatic carbocycles. The Bertz CT molecular complexity index is 947. The first-order chi connectivity index (χ1) is 15.8. The summed E-state index contributed by atoms with van der Waals surface area (Å²) in [5.74, 6) is 7.53. The summed E-state index contributed by atoms with van der Waals surface area (Å²) in [5.41, 5.74) is 0.776. The quantitative estimate of drug-likeness (QED) is 0.608. The number of hydrogen-bond acceptors (Lipinski definition) is 5. The van der Waals surface area contributed by atoms with Gasteiger partial charge in [0.2, 0.25) is 10.0 Å². The third kappa shape index (κ3) is 6.51. The molecule has 1 heterocycles. The van der Waals surface area contributed by atoms with Crippen LogP contribution in [0.1, 0.15) is 64.9 Å². The highest BCUT2D eigenvalue weighted by molar-refractivity contribution is 7.89. The van der Waals surface area contributed by atoms with Crippen LogP contribution in [-0.2, 0) is 10.0 Å². The van der Waals surface area contributed by atoms with Crippen molar-refractivity contribution in [1.29, 1.82) is 0 Å². The van der Waals surface area contributed by atoms with E-state index in [0.717, 1.165) is 24.9 Å². The number of likely N-dealkylation sites (N-methyl/N-ethyl adjacent to an activating group) is 1. The van der Waals surface area contributed by atoms with Gasteiger partial charge in [-0.2, -0.15) is 4.31 Å². The van der Waals surface area contributed by atoms with Gasteiger partial charge in [0.05, 0.1) is 6.61 Å². The average molecular weight is 477 g/mol. The third-order valence-electron chi connectivity index (χ3n) is 6.86. The van der Waals surface area contributed by atoms with E-state index >= 15 is 0 Å². The minimum atomic E-state index is -3.81. The molecule has 6 nitrogen and oxygen atoms in total. The molecule has 2 aliphatic rings. The van der Waals surface area contributed by atoms with E-state index in [2.05, 4.69) is 30.7 Å². The fourth-order valence-electron chi connectivity index (χ4n) is 4.81. The Morgan fingerprint density at radius 2 is 2.03 bits per heavy atom. The highest BCUT2D eigenvalue weighted by Gasteiger charge is 2.38. The van der Waals surface area contributed by atoms with E-state index in [1.807, 2.05) is 6.92 Å². The van der Waals surface area contributed by atoms with Gasteiger partial charge in [-0.25, -0.2) is 8.42 Å². The Morgan fingerprint density at radius 1 is 1.30 bits per heavy atom. The summed E-state index contributed by atoms with van der Waals surface area (Å²) in [6, 6.07) is 4.65. The van der Waals surface area contributed by atoms with E-state index in [0.29, 0.717) is 24.8 Å². The maximum Gasteiger partial charge on any atom is 0.247 e. The second kappa shape index (κ2) is 11.7. The molecule has 33 heavy (non-hydrogen) atoms. The molecule has 3 atom stereocenters. The molecule has 1 aromatic carbocycles. The van der Waals surface area contributed by atoms with Crippen molar-refractivity contribution in [2.75, 3.05) is 33.3 Å². The van der Waals surface area contributed by atoms with Crippen molar-refractivity contribution < 1.29 is 18.3 Å². The predicted molar refractivity (Wildman–Crippen MR) is 132 cm³/mol. The fourth-order valence-corrected chi connectivity index (χ4v) is 6.64. The van der Waals surface area contributed by atoms with E-state index in [-0.39, 0.29) is 23.5 Å². The number of aliphatic hydroxyl groups is 1. The van der Waals surface area contributed by atoms with Crippen molar-refractivity contribution in [3.8, 4) is 17.6 Å². The monoisotopic (exact) mass is 476 g/mol. The Kier molecular flexibility index (Phi) is 9.23. The SMILES string of the molecule is CCCN(C)C[C@H]1Oc2cc(C#CCC3CCCC3)ccc2S(=O)(=O)N([C@@H](C)CO)C[C@H]1C. The molecule has 184 valence electrons. The molecular weight excluding hydrogens is 436 g/mol. The van der Waals surface area contributed by atoms with Crippen LogP contribution >= 0.6 is 0 Å². The van der Waals surface area contributed by atoms with Crippen molar-refractivity contribution in [3.63, 3.8) is 0 Å². The Labute approximate surface area is 200 Å². The van der Waals surface area contributed by atoms with E-state index in [4.69, 9.17) is 4.74 Å². The van der Waals surface area contributed by atoms with Gasteiger partial charge in [-0.3, -0.25) is 0 Å². The molecule has 0 amide bonds. The van der Waals surface area contributed by atoms with Gasteiger partial charge in [-0.15, -0.1) is 0 Å². The molecule has 0 spiro atoms. The van der Waals surface area contributed by atoms with Crippen molar-refractivity contribution in [1.82, 2.24) is 9.21 Å². The Morgan fingerprint density at radius 3 is 2.70 bits per heavy atom. The van der Waals surface area contributed by atoms with Crippen LogP contribution in [0.5, 0.6) is 5.75 Å². The van der Waals surface area contributed by atoms with Crippen LogP contribution in [0.15, 0.2) is 23.1 Å². The molecule has 1 saturated carbocycles. The Hall–Kier alpha value is -1.59. The number of rotatable bonds is 7. The third-order valence-corrected chi connectivity index (χ3v) is 8.88. The zero-order valence-electron chi connectivity index (χ0n) is 20.6. The lowest BCUT2D eigenvalue weighted by Gasteiger charge is -2.37. The van der Waals surface area contributed by atoms with Crippen LogP contribution in [-0.4, -0.2) is 68.2 Å². The van der Waals surface area contributed by atoms with Crippen LogP contribution in [0.4, 0.5) is 0 Å². The number of fused-ring (bicyclic) bond motifs is 1. The largest absolute Gasteiger partial charge is 0.487 e. The molecule has 1 N–H and O–H groups in total. The summed E-state index contributed by atoms with van der Waals surface area (Å²) >= 11 is 0. The summed E-state index contributed by atoms with van der Waals surface area (Å²) < 4.78 is 34.9. The summed E-state index contributed by atoms with van der Waals surface area (Å²) in [5, 5.41) is 9.76. The van der Waals surface area contributed by atoms with E-state index in [9.17, 15) is 13.5 Å². The molecule has 7 heteroatoms. The lowest BCUT2D eigenvalue weighted by molar-refractivity contribution is 0.0752. The van der Waals surface area contributed by atoms with Crippen LogP contribution in [0, 0.1) is 23.7 Å². The van der Waals surface area contributed by atoms with Gasteiger partial charge in [0, 0.05) is 37.0 Å². The zero-order chi connectivity index (χ0) is 24.0. The number of hydrogen-bond donors (Lipinski definition) is 1. The lowest BCUT2D eigenvalue weighted by atomic mass is 10.0. The molecular formula is C26H40N2O4S. The number of benzene rings is 1. The van der Waals surface area contributed by atoms with E-state index in [1.54, 1.807) is 25.1 Å². The average Bonchev–Trinajstić information content (AvgIpc) is 3.29. The van der Waals surface area contributed by atoms with Gasteiger partial charge in [0.25, 0.3) is 0 Å². The highest BCUT2D eigenvalue weighted by Crippen LogP contribution is 2.34. The lowest BCUT2D eigenvalue weighted by Crippen LogP contribution is -2.49. The molecule has 1 fully saturated rings. The van der Waals surface area contributed by atoms with E-state index < -0.39 is 16.1 Å². The normalized spacial score (nSPS) is 24.3. The van der Waals surface area contributed by atoms with Crippen LogP contribution in [0.2, 0.25) is 0 Å². The van der Waals surface area contributed by atoms with E-state index in [1.165, 1.54) is 30.0 Å². The van der Waals surface area contributed by atoms with Gasteiger partial charge in [-0.1, -0.05) is 38.5 Å². The zero-order valence-corrected chi connectivity index (χ0v) is 21.4. The van der Waals surface area contributed by atoms with Gasteiger partial charge < -0.3 is 14.7 Å². The number of ether oxygens (including phenoxy) is 1. The molecule has 0 unspecified atom stereocenters. The standard InChI is InChI=1S/C26H40N2O4S/c1-5-15-27(4)18-25-20(2)17-28(21(3)19-29)33(30,31)26-14-13-23(16-24(26)32-25)12-8-11-22-9-6-7-10-22/h13-14,16,20-22,25,29H,5-7,9-11,15,17-19H2,1-4H3/t20-,21+,25-/m1/s1. The number of nitrogens with zero attached hydrogens (tertiary/aromatic N) is 2.